The van der Waals surface area contributed by atoms with Crippen LogP contribution >= 0.6 is 23.4 Å². The molecule has 0 aromatic carbocycles. The molecule has 1 heterocycles. The van der Waals surface area contributed by atoms with E-state index in [1.807, 2.05) is 18.2 Å². The lowest BCUT2D eigenvalue weighted by Gasteiger charge is -2.16. The summed E-state index contributed by atoms with van der Waals surface area (Å²) in [6.07, 6.45) is 1.89. The summed E-state index contributed by atoms with van der Waals surface area (Å²) in [6.45, 7) is 0.619. The lowest BCUT2D eigenvalue weighted by Crippen LogP contribution is -2.22. The number of aliphatic hydroxyl groups is 1. The second-order valence-corrected chi connectivity index (χ2v) is 3.84. The molecule has 6 heteroatoms. The Labute approximate surface area is 92.3 Å². The topological polar surface area (TPSA) is 49.2 Å². The summed E-state index contributed by atoms with van der Waals surface area (Å²) >= 11 is 7.26. The molecule has 0 aliphatic rings. The fourth-order valence-electron chi connectivity index (χ4n) is 0.937. The van der Waals surface area contributed by atoms with Crippen molar-refractivity contribution in [2.24, 2.45) is 0 Å². The third kappa shape index (κ3) is 3.01. The predicted molar refractivity (Wildman–Crippen MR) is 59.2 cm³/mol. The average molecular weight is 234 g/mol. The van der Waals surface area contributed by atoms with E-state index in [-0.39, 0.29) is 6.61 Å². The average Bonchev–Trinajstić information content (AvgIpc) is 2.17. The van der Waals surface area contributed by atoms with Crippen LogP contribution in [0.3, 0.4) is 0 Å². The lowest BCUT2D eigenvalue weighted by molar-refractivity contribution is 0.303. The number of likely N-dealkylation sites (N-methyl/N-ethyl adjacent to an activating group) is 1. The minimum Gasteiger partial charge on any atom is -0.395 e. The van der Waals surface area contributed by atoms with Gasteiger partial charge in [-0.2, -0.15) is 0 Å². The van der Waals surface area contributed by atoms with E-state index in [1.165, 1.54) is 11.8 Å². The monoisotopic (exact) mass is 233 g/mol. The van der Waals surface area contributed by atoms with Crippen molar-refractivity contribution in [3.63, 3.8) is 0 Å². The normalized spacial score (nSPS) is 10.3. The SMILES string of the molecule is CSc1nc(Cl)cc(N(C)CCO)n1. The molecule has 4 nitrogen and oxygen atoms in total. The van der Waals surface area contributed by atoms with E-state index in [0.29, 0.717) is 16.9 Å². The van der Waals surface area contributed by atoms with Crippen LogP contribution in [0.2, 0.25) is 5.15 Å². The van der Waals surface area contributed by atoms with Gasteiger partial charge in [0, 0.05) is 19.7 Å². The highest BCUT2D eigenvalue weighted by atomic mass is 35.5. The van der Waals surface area contributed by atoms with Crippen LogP contribution in [0.4, 0.5) is 5.82 Å². The molecule has 1 aromatic rings. The van der Waals surface area contributed by atoms with Gasteiger partial charge in [-0.25, -0.2) is 9.97 Å². The second-order valence-electron chi connectivity index (χ2n) is 2.68. The molecule has 0 atom stereocenters. The Balaban J connectivity index is 2.90. The zero-order valence-electron chi connectivity index (χ0n) is 8.07. The first-order chi connectivity index (χ1) is 6.67. The van der Waals surface area contributed by atoms with Gasteiger partial charge >= 0.3 is 0 Å². The van der Waals surface area contributed by atoms with Gasteiger partial charge in [0.2, 0.25) is 0 Å². The highest BCUT2D eigenvalue weighted by Gasteiger charge is 2.06. The lowest BCUT2D eigenvalue weighted by atomic mass is 10.5. The standard InChI is InChI=1S/C8H12ClN3OS/c1-12(3-4-13)7-5-6(9)10-8(11-7)14-2/h5,13H,3-4H2,1-2H3. The van der Waals surface area contributed by atoms with Crippen molar-refractivity contribution in [2.75, 3.05) is 31.4 Å². The van der Waals surface area contributed by atoms with Gasteiger partial charge in [0.25, 0.3) is 0 Å². The van der Waals surface area contributed by atoms with Crippen molar-refractivity contribution in [3.05, 3.63) is 11.2 Å². The van der Waals surface area contributed by atoms with E-state index in [1.54, 1.807) is 6.07 Å². The molecule has 0 aliphatic carbocycles. The first-order valence-electron chi connectivity index (χ1n) is 4.08. The van der Waals surface area contributed by atoms with E-state index in [2.05, 4.69) is 9.97 Å². The Morgan fingerprint density at radius 3 is 2.86 bits per heavy atom. The Kier molecular flexibility index (Phi) is 4.44. The maximum absolute atomic E-state index is 8.77. The zero-order chi connectivity index (χ0) is 10.6. The van der Waals surface area contributed by atoms with Crippen LogP contribution in [0.25, 0.3) is 0 Å². The number of hydrogen-bond acceptors (Lipinski definition) is 5. The van der Waals surface area contributed by atoms with Crippen LogP contribution in [0.5, 0.6) is 0 Å². The van der Waals surface area contributed by atoms with Crippen molar-refractivity contribution in [3.8, 4) is 0 Å². The van der Waals surface area contributed by atoms with Crippen LogP contribution in [-0.2, 0) is 0 Å². The Hall–Kier alpha value is -0.520. The van der Waals surface area contributed by atoms with Gasteiger partial charge in [-0.3, -0.25) is 0 Å². The van der Waals surface area contributed by atoms with Gasteiger partial charge < -0.3 is 10.0 Å². The minimum absolute atomic E-state index is 0.0900. The van der Waals surface area contributed by atoms with Crippen LogP contribution < -0.4 is 4.90 Å². The molecule has 0 fully saturated rings. The fraction of sp³-hybridized carbons (Fsp3) is 0.500. The Bertz CT molecular complexity index is 311. The molecule has 0 amide bonds. The first kappa shape index (κ1) is 11.6. The number of aromatic nitrogens is 2. The van der Waals surface area contributed by atoms with Crippen molar-refractivity contribution in [1.29, 1.82) is 0 Å². The molecule has 78 valence electrons. The molecule has 1 N–H and O–H groups in total. The molecule has 0 radical (unpaired) electrons. The molecule has 1 aromatic heterocycles. The molecule has 0 saturated heterocycles. The maximum atomic E-state index is 8.77. The highest BCUT2D eigenvalue weighted by Crippen LogP contribution is 2.19. The van der Waals surface area contributed by atoms with E-state index < -0.39 is 0 Å². The van der Waals surface area contributed by atoms with Gasteiger partial charge in [-0.1, -0.05) is 23.4 Å². The number of aliphatic hydroxyl groups excluding tert-OH is 1. The summed E-state index contributed by atoms with van der Waals surface area (Å²) in [4.78, 5) is 10.1. The molecule has 0 bridgehead atoms. The number of anilines is 1. The number of thioether (sulfide) groups is 1. The van der Waals surface area contributed by atoms with E-state index in [9.17, 15) is 0 Å². The molecule has 0 saturated carbocycles. The molecule has 0 spiro atoms. The number of halogens is 1. The smallest absolute Gasteiger partial charge is 0.190 e. The van der Waals surface area contributed by atoms with E-state index >= 15 is 0 Å². The third-order valence-electron chi connectivity index (χ3n) is 1.67. The van der Waals surface area contributed by atoms with Gasteiger partial charge in [-0.05, 0) is 6.26 Å². The summed E-state index contributed by atoms with van der Waals surface area (Å²) in [5.74, 6) is 0.725. The fourth-order valence-corrected chi connectivity index (χ4v) is 1.54. The highest BCUT2D eigenvalue weighted by molar-refractivity contribution is 7.98. The van der Waals surface area contributed by atoms with Gasteiger partial charge in [0.15, 0.2) is 5.16 Å². The second kappa shape index (κ2) is 5.38. The molecule has 14 heavy (non-hydrogen) atoms. The summed E-state index contributed by atoms with van der Waals surface area (Å²) in [6, 6.07) is 1.68. The van der Waals surface area contributed by atoms with Crippen molar-refractivity contribution >= 4 is 29.2 Å². The van der Waals surface area contributed by atoms with Gasteiger partial charge in [-0.15, -0.1) is 0 Å². The number of hydrogen-bond donors (Lipinski definition) is 1. The van der Waals surface area contributed by atoms with Crippen LogP contribution in [0, 0.1) is 0 Å². The Morgan fingerprint density at radius 1 is 1.57 bits per heavy atom. The quantitative estimate of drug-likeness (QED) is 0.482. The molecular formula is C8H12ClN3OS. The predicted octanol–water partition coefficient (Wildman–Crippen LogP) is 1.28. The molecular weight excluding hydrogens is 222 g/mol. The van der Waals surface area contributed by atoms with E-state index in [4.69, 9.17) is 16.7 Å². The summed E-state index contributed by atoms with van der Waals surface area (Å²) < 4.78 is 0. The molecule has 0 aliphatic heterocycles. The number of rotatable bonds is 4. The van der Waals surface area contributed by atoms with Crippen LogP contribution in [0.15, 0.2) is 11.2 Å². The molecule has 1 rings (SSSR count). The zero-order valence-corrected chi connectivity index (χ0v) is 9.64. The van der Waals surface area contributed by atoms with Crippen LogP contribution in [-0.4, -0.2) is 41.5 Å². The van der Waals surface area contributed by atoms with E-state index in [0.717, 1.165) is 5.82 Å². The summed E-state index contributed by atoms with van der Waals surface area (Å²) in [7, 11) is 1.85. The van der Waals surface area contributed by atoms with Crippen molar-refractivity contribution < 1.29 is 5.11 Å². The van der Waals surface area contributed by atoms with Crippen LogP contribution in [0.1, 0.15) is 0 Å². The number of nitrogens with zero attached hydrogens (tertiary/aromatic N) is 3. The third-order valence-corrected chi connectivity index (χ3v) is 2.41. The molecule has 0 unspecified atom stereocenters. The van der Waals surface area contributed by atoms with Crippen molar-refractivity contribution in [2.45, 2.75) is 5.16 Å². The van der Waals surface area contributed by atoms with Gasteiger partial charge in [0.1, 0.15) is 11.0 Å². The minimum atomic E-state index is 0.0900. The first-order valence-corrected chi connectivity index (χ1v) is 5.68. The maximum Gasteiger partial charge on any atom is 0.190 e. The summed E-state index contributed by atoms with van der Waals surface area (Å²) in [5, 5.41) is 9.83. The van der Waals surface area contributed by atoms with Gasteiger partial charge in [0.05, 0.1) is 6.61 Å². The largest absolute Gasteiger partial charge is 0.395 e. The van der Waals surface area contributed by atoms with Crippen molar-refractivity contribution in [1.82, 2.24) is 9.97 Å². The summed E-state index contributed by atoms with van der Waals surface area (Å²) in [5.41, 5.74) is 0. The Morgan fingerprint density at radius 2 is 2.29 bits per heavy atom.